The minimum atomic E-state index is -0.190. The molecule has 1 N–H and O–H groups in total. The number of rotatable bonds is 3. The fourth-order valence-corrected chi connectivity index (χ4v) is 3.64. The minimum absolute atomic E-state index is 0.172. The van der Waals surface area contributed by atoms with Crippen LogP contribution in [-0.2, 0) is 29.0 Å². The van der Waals surface area contributed by atoms with E-state index < -0.39 is 0 Å². The number of fused-ring (bicyclic) bond motifs is 1. The number of morpholine rings is 1. The number of ether oxygens (including phenoxy) is 1. The van der Waals surface area contributed by atoms with Crippen LogP contribution in [0, 0.1) is 0 Å². The van der Waals surface area contributed by atoms with Crippen molar-refractivity contribution in [3.05, 3.63) is 52.6 Å². The Morgan fingerprint density at radius 3 is 2.80 bits per heavy atom. The summed E-state index contributed by atoms with van der Waals surface area (Å²) in [7, 11) is 0. The number of imidazole rings is 1. The standard InChI is InChI=1S/C18H21ClN4O2/c19-14-3-1-13(2-4-14)10-23-11-16-15(20-12-21-16)9-17(23)18(24)22-5-7-25-8-6-22/h1-4,12,17H,5-11H2,(H,20,21)/t17-/m0/s1. The number of aromatic nitrogens is 2. The van der Waals surface area contributed by atoms with Crippen LogP contribution in [0.2, 0.25) is 5.02 Å². The number of nitrogens with one attached hydrogen (secondary N) is 1. The highest BCUT2D eigenvalue weighted by Crippen LogP contribution is 2.25. The predicted molar refractivity (Wildman–Crippen MR) is 94.2 cm³/mol. The largest absolute Gasteiger partial charge is 0.378 e. The number of carbonyl (C=O) groups is 1. The van der Waals surface area contributed by atoms with E-state index in [1.165, 1.54) is 0 Å². The number of benzene rings is 1. The van der Waals surface area contributed by atoms with E-state index in [9.17, 15) is 4.79 Å². The topological polar surface area (TPSA) is 61.5 Å². The molecule has 6 nitrogen and oxygen atoms in total. The lowest BCUT2D eigenvalue weighted by Crippen LogP contribution is -2.53. The van der Waals surface area contributed by atoms with E-state index in [-0.39, 0.29) is 11.9 Å². The summed E-state index contributed by atoms with van der Waals surface area (Å²) >= 11 is 5.99. The van der Waals surface area contributed by atoms with Gasteiger partial charge in [-0.25, -0.2) is 4.98 Å². The number of H-pyrrole nitrogens is 1. The van der Waals surface area contributed by atoms with E-state index in [1.807, 2.05) is 29.2 Å². The van der Waals surface area contributed by atoms with Crippen LogP contribution in [0.1, 0.15) is 17.0 Å². The first-order valence-corrected chi connectivity index (χ1v) is 8.94. The Kier molecular flexibility index (Phi) is 4.74. The van der Waals surface area contributed by atoms with Crippen LogP contribution in [0.3, 0.4) is 0 Å². The normalized spacial score (nSPS) is 21.2. The maximum Gasteiger partial charge on any atom is 0.240 e. The number of halogens is 1. The van der Waals surface area contributed by atoms with Crippen molar-refractivity contribution >= 4 is 17.5 Å². The number of amides is 1. The monoisotopic (exact) mass is 360 g/mol. The molecule has 0 spiro atoms. The van der Waals surface area contributed by atoms with Gasteiger partial charge in [0.2, 0.25) is 5.91 Å². The molecule has 0 bridgehead atoms. The lowest BCUT2D eigenvalue weighted by molar-refractivity contribution is -0.142. The molecule has 0 aliphatic carbocycles. The quantitative estimate of drug-likeness (QED) is 0.907. The van der Waals surface area contributed by atoms with Crippen molar-refractivity contribution in [2.75, 3.05) is 26.3 Å². The SMILES string of the molecule is O=C([C@@H]1Cc2nc[nH]c2CN1Cc1ccc(Cl)cc1)N1CCOCC1. The van der Waals surface area contributed by atoms with Crippen molar-refractivity contribution in [1.29, 1.82) is 0 Å². The van der Waals surface area contributed by atoms with Crippen molar-refractivity contribution in [3.8, 4) is 0 Å². The Morgan fingerprint density at radius 1 is 1.28 bits per heavy atom. The zero-order chi connectivity index (χ0) is 17.2. The second kappa shape index (κ2) is 7.15. The van der Waals surface area contributed by atoms with E-state index >= 15 is 0 Å². The van der Waals surface area contributed by atoms with Gasteiger partial charge >= 0.3 is 0 Å². The lowest BCUT2D eigenvalue weighted by Gasteiger charge is -2.38. The fraction of sp³-hybridized carbons (Fsp3) is 0.444. The summed E-state index contributed by atoms with van der Waals surface area (Å²) in [6.07, 6.45) is 2.36. The first-order chi connectivity index (χ1) is 12.2. The Hall–Kier alpha value is -1.89. The highest BCUT2D eigenvalue weighted by Gasteiger charge is 2.35. The smallest absolute Gasteiger partial charge is 0.240 e. The second-order valence-electron chi connectivity index (χ2n) is 6.52. The van der Waals surface area contributed by atoms with Gasteiger partial charge in [-0.2, -0.15) is 0 Å². The summed E-state index contributed by atoms with van der Waals surface area (Å²) in [4.78, 5) is 24.8. The van der Waals surface area contributed by atoms with Gasteiger partial charge in [0.15, 0.2) is 0 Å². The second-order valence-corrected chi connectivity index (χ2v) is 6.95. The summed E-state index contributed by atoms with van der Waals surface area (Å²) in [5.74, 6) is 0.172. The number of carbonyl (C=O) groups excluding carboxylic acids is 1. The summed E-state index contributed by atoms with van der Waals surface area (Å²) < 4.78 is 5.38. The lowest BCUT2D eigenvalue weighted by atomic mass is 10.00. The number of hydrogen-bond donors (Lipinski definition) is 1. The molecule has 1 aromatic carbocycles. The average molecular weight is 361 g/mol. The van der Waals surface area contributed by atoms with Crippen LogP contribution < -0.4 is 0 Å². The predicted octanol–water partition coefficient (Wildman–Crippen LogP) is 1.85. The highest BCUT2D eigenvalue weighted by molar-refractivity contribution is 6.30. The van der Waals surface area contributed by atoms with Crippen LogP contribution in [-0.4, -0.2) is 58.0 Å². The van der Waals surface area contributed by atoms with Gasteiger partial charge in [-0.3, -0.25) is 9.69 Å². The number of nitrogens with zero attached hydrogens (tertiary/aromatic N) is 3. The molecule has 1 fully saturated rings. The molecule has 4 rings (SSSR count). The van der Waals surface area contributed by atoms with Crippen molar-refractivity contribution in [3.63, 3.8) is 0 Å². The molecule has 1 amide bonds. The van der Waals surface area contributed by atoms with Gasteiger partial charge in [-0.15, -0.1) is 0 Å². The molecule has 0 radical (unpaired) electrons. The molecule has 1 atom stereocenters. The maximum absolute atomic E-state index is 13.1. The third-order valence-corrected chi connectivity index (χ3v) is 5.15. The van der Waals surface area contributed by atoms with Gasteiger partial charge < -0.3 is 14.6 Å². The molecule has 2 aliphatic rings. The van der Waals surface area contributed by atoms with Gasteiger partial charge in [-0.1, -0.05) is 23.7 Å². The number of aromatic amines is 1. The molecular formula is C18H21ClN4O2. The Bertz CT molecular complexity index is 740. The van der Waals surface area contributed by atoms with E-state index in [2.05, 4.69) is 14.9 Å². The average Bonchev–Trinajstić information content (AvgIpc) is 3.10. The van der Waals surface area contributed by atoms with Crippen LogP contribution >= 0.6 is 11.6 Å². The van der Waals surface area contributed by atoms with Crippen LogP contribution in [0.5, 0.6) is 0 Å². The zero-order valence-electron chi connectivity index (χ0n) is 13.9. The molecular weight excluding hydrogens is 340 g/mol. The minimum Gasteiger partial charge on any atom is -0.378 e. The van der Waals surface area contributed by atoms with Gasteiger partial charge in [0.25, 0.3) is 0 Å². The Morgan fingerprint density at radius 2 is 2.04 bits per heavy atom. The molecule has 2 aliphatic heterocycles. The van der Waals surface area contributed by atoms with E-state index in [0.717, 1.165) is 22.0 Å². The summed E-state index contributed by atoms with van der Waals surface area (Å²) in [5.41, 5.74) is 3.24. The van der Waals surface area contributed by atoms with Crippen molar-refractivity contribution in [2.45, 2.75) is 25.6 Å². The third-order valence-electron chi connectivity index (χ3n) is 4.90. The van der Waals surface area contributed by atoms with Gasteiger partial charge in [0.05, 0.1) is 37.0 Å². The van der Waals surface area contributed by atoms with Gasteiger partial charge in [0.1, 0.15) is 0 Å². The Balaban J connectivity index is 1.56. The zero-order valence-corrected chi connectivity index (χ0v) is 14.7. The molecule has 132 valence electrons. The molecule has 1 saturated heterocycles. The highest BCUT2D eigenvalue weighted by atomic mass is 35.5. The molecule has 7 heteroatoms. The fourth-order valence-electron chi connectivity index (χ4n) is 3.52. The third kappa shape index (κ3) is 3.56. The van der Waals surface area contributed by atoms with Crippen molar-refractivity contribution in [2.24, 2.45) is 0 Å². The number of hydrogen-bond acceptors (Lipinski definition) is 4. The Labute approximate surface area is 151 Å². The van der Waals surface area contributed by atoms with E-state index in [0.29, 0.717) is 45.8 Å². The van der Waals surface area contributed by atoms with Crippen LogP contribution in [0.4, 0.5) is 0 Å². The molecule has 0 unspecified atom stereocenters. The van der Waals surface area contributed by atoms with Crippen molar-refractivity contribution < 1.29 is 9.53 Å². The van der Waals surface area contributed by atoms with Crippen molar-refractivity contribution in [1.82, 2.24) is 19.8 Å². The summed E-state index contributed by atoms with van der Waals surface area (Å²) in [6.45, 7) is 3.96. The molecule has 1 aromatic heterocycles. The first-order valence-electron chi connectivity index (χ1n) is 8.57. The van der Waals surface area contributed by atoms with Crippen LogP contribution in [0.15, 0.2) is 30.6 Å². The van der Waals surface area contributed by atoms with E-state index in [1.54, 1.807) is 6.33 Å². The van der Waals surface area contributed by atoms with Gasteiger partial charge in [0, 0.05) is 37.6 Å². The van der Waals surface area contributed by atoms with Crippen LogP contribution in [0.25, 0.3) is 0 Å². The maximum atomic E-state index is 13.1. The molecule has 0 saturated carbocycles. The molecule has 2 aromatic rings. The molecule has 3 heterocycles. The van der Waals surface area contributed by atoms with E-state index in [4.69, 9.17) is 16.3 Å². The molecule has 25 heavy (non-hydrogen) atoms. The first kappa shape index (κ1) is 16.6. The summed E-state index contributed by atoms with van der Waals surface area (Å²) in [6, 6.07) is 7.62. The summed E-state index contributed by atoms with van der Waals surface area (Å²) in [5, 5.41) is 0.721. The van der Waals surface area contributed by atoms with Gasteiger partial charge in [-0.05, 0) is 17.7 Å².